The molecule has 2 aromatic carbocycles. The van der Waals surface area contributed by atoms with E-state index >= 15 is 0 Å². The SMILES string of the molecule is Cc1cc(C)cc(-c2nnc(C3CCCN3C(=O)c3cc(C)ccc3-n3nccn3)o2)c1. The zero-order chi connectivity index (χ0) is 22.2. The number of rotatable bonds is 4. The van der Waals surface area contributed by atoms with Crippen molar-refractivity contribution in [3.05, 3.63) is 76.9 Å². The number of likely N-dealkylation sites (tertiary alicyclic amines) is 1. The lowest BCUT2D eigenvalue weighted by Crippen LogP contribution is -2.31. The van der Waals surface area contributed by atoms with Crippen LogP contribution in [0.5, 0.6) is 0 Å². The van der Waals surface area contributed by atoms with Gasteiger partial charge in [0.05, 0.1) is 23.6 Å². The summed E-state index contributed by atoms with van der Waals surface area (Å²) >= 11 is 0. The summed E-state index contributed by atoms with van der Waals surface area (Å²) in [5.74, 6) is 0.856. The molecule has 1 aliphatic rings. The van der Waals surface area contributed by atoms with E-state index < -0.39 is 0 Å². The summed E-state index contributed by atoms with van der Waals surface area (Å²) in [6, 6.07) is 11.6. The van der Waals surface area contributed by atoms with E-state index in [-0.39, 0.29) is 11.9 Å². The van der Waals surface area contributed by atoms with Gasteiger partial charge in [-0.2, -0.15) is 15.0 Å². The molecule has 1 fully saturated rings. The number of amides is 1. The second kappa shape index (κ2) is 8.03. The van der Waals surface area contributed by atoms with Gasteiger partial charge in [0.2, 0.25) is 11.8 Å². The molecule has 1 unspecified atom stereocenters. The molecule has 0 radical (unpaired) electrons. The van der Waals surface area contributed by atoms with Crippen molar-refractivity contribution >= 4 is 5.91 Å². The van der Waals surface area contributed by atoms with E-state index in [1.54, 1.807) is 12.4 Å². The Morgan fingerprint density at radius 2 is 1.72 bits per heavy atom. The fraction of sp³-hybridized carbons (Fsp3) is 0.292. The molecule has 5 rings (SSSR count). The van der Waals surface area contributed by atoms with E-state index in [1.165, 1.54) is 4.80 Å². The van der Waals surface area contributed by atoms with Crippen LogP contribution in [0.1, 0.15) is 51.8 Å². The zero-order valence-corrected chi connectivity index (χ0v) is 18.3. The fourth-order valence-corrected chi connectivity index (χ4v) is 4.34. The Morgan fingerprint density at radius 1 is 0.969 bits per heavy atom. The maximum atomic E-state index is 13.6. The van der Waals surface area contributed by atoms with Gasteiger partial charge in [0, 0.05) is 12.1 Å². The lowest BCUT2D eigenvalue weighted by molar-refractivity contribution is 0.0715. The van der Waals surface area contributed by atoms with Gasteiger partial charge in [-0.15, -0.1) is 10.2 Å². The molecule has 1 amide bonds. The molecule has 1 atom stereocenters. The maximum Gasteiger partial charge on any atom is 0.256 e. The van der Waals surface area contributed by atoms with Crippen LogP contribution in [0.3, 0.4) is 0 Å². The van der Waals surface area contributed by atoms with Crippen LogP contribution in [0.4, 0.5) is 0 Å². The minimum atomic E-state index is -0.256. The highest BCUT2D eigenvalue weighted by Crippen LogP contribution is 2.35. The molecule has 32 heavy (non-hydrogen) atoms. The van der Waals surface area contributed by atoms with Crippen molar-refractivity contribution < 1.29 is 9.21 Å². The van der Waals surface area contributed by atoms with Crippen LogP contribution < -0.4 is 0 Å². The molecular weight excluding hydrogens is 404 g/mol. The molecule has 3 heterocycles. The number of nitrogens with zero attached hydrogens (tertiary/aromatic N) is 6. The molecule has 4 aromatic rings. The van der Waals surface area contributed by atoms with Crippen LogP contribution >= 0.6 is 0 Å². The molecule has 2 aromatic heterocycles. The Balaban J connectivity index is 1.47. The standard InChI is InChI=1S/C24H24N6O2/c1-15-6-7-20(30-25-8-9-26-30)19(14-15)24(31)29-10-4-5-21(29)23-28-27-22(32-23)18-12-16(2)11-17(3)13-18/h6-9,11-14,21H,4-5,10H2,1-3H3. The fourth-order valence-electron chi connectivity index (χ4n) is 4.34. The van der Waals surface area contributed by atoms with Gasteiger partial charge in [-0.1, -0.05) is 28.8 Å². The number of hydrogen-bond acceptors (Lipinski definition) is 6. The van der Waals surface area contributed by atoms with Crippen molar-refractivity contribution in [2.45, 2.75) is 39.7 Å². The Kier molecular flexibility index (Phi) is 5.05. The third-order valence-corrected chi connectivity index (χ3v) is 5.72. The summed E-state index contributed by atoms with van der Waals surface area (Å²) < 4.78 is 6.06. The summed E-state index contributed by atoms with van der Waals surface area (Å²) in [7, 11) is 0. The van der Waals surface area contributed by atoms with Gasteiger partial charge in [0.1, 0.15) is 6.04 Å². The van der Waals surface area contributed by atoms with Crippen molar-refractivity contribution in [1.29, 1.82) is 0 Å². The monoisotopic (exact) mass is 428 g/mol. The number of aromatic nitrogens is 5. The molecule has 8 heteroatoms. The molecule has 0 N–H and O–H groups in total. The average Bonchev–Trinajstić information content (AvgIpc) is 3.53. The third kappa shape index (κ3) is 3.68. The van der Waals surface area contributed by atoms with Crippen molar-refractivity contribution in [3.8, 4) is 17.1 Å². The van der Waals surface area contributed by atoms with E-state index in [4.69, 9.17) is 4.42 Å². The number of aryl methyl sites for hydroxylation is 3. The van der Waals surface area contributed by atoms with Crippen LogP contribution in [-0.4, -0.2) is 42.5 Å². The Labute approximate surface area is 185 Å². The first-order chi connectivity index (χ1) is 15.5. The van der Waals surface area contributed by atoms with Gasteiger partial charge < -0.3 is 9.32 Å². The molecule has 162 valence electrons. The zero-order valence-electron chi connectivity index (χ0n) is 18.3. The Morgan fingerprint density at radius 3 is 2.47 bits per heavy atom. The smallest absolute Gasteiger partial charge is 0.256 e. The summed E-state index contributed by atoms with van der Waals surface area (Å²) in [5, 5.41) is 17.0. The summed E-state index contributed by atoms with van der Waals surface area (Å²) in [6.45, 7) is 6.68. The van der Waals surface area contributed by atoms with Crippen molar-refractivity contribution in [2.75, 3.05) is 6.54 Å². The first-order valence-corrected chi connectivity index (χ1v) is 10.7. The maximum absolute atomic E-state index is 13.6. The molecule has 0 aliphatic carbocycles. The van der Waals surface area contributed by atoms with E-state index in [1.807, 2.05) is 56.0 Å². The average molecular weight is 428 g/mol. The first-order valence-electron chi connectivity index (χ1n) is 10.7. The minimum Gasteiger partial charge on any atom is -0.418 e. The molecule has 8 nitrogen and oxygen atoms in total. The number of carbonyl (C=O) groups excluding carboxylic acids is 1. The largest absolute Gasteiger partial charge is 0.418 e. The van der Waals surface area contributed by atoms with Crippen molar-refractivity contribution in [2.24, 2.45) is 0 Å². The van der Waals surface area contributed by atoms with Crippen LogP contribution in [-0.2, 0) is 0 Å². The molecule has 0 spiro atoms. The van der Waals surface area contributed by atoms with E-state index in [0.717, 1.165) is 35.1 Å². The second-order valence-corrected chi connectivity index (χ2v) is 8.32. The summed E-state index contributed by atoms with van der Waals surface area (Å²) in [4.78, 5) is 16.9. The summed E-state index contributed by atoms with van der Waals surface area (Å²) in [6.07, 6.45) is 4.85. The van der Waals surface area contributed by atoms with Gasteiger partial charge in [0.25, 0.3) is 5.91 Å². The number of carbonyl (C=O) groups is 1. The van der Waals surface area contributed by atoms with Crippen molar-refractivity contribution in [1.82, 2.24) is 30.1 Å². The predicted molar refractivity (Wildman–Crippen MR) is 118 cm³/mol. The lowest BCUT2D eigenvalue weighted by atomic mass is 10.1. The molecule has 1 aliphatic heterocycles. The van der Waals surface area contributed by atoms with Gasteiger partial charge in [-0.25, -0.2) is 0 Å². The summed E-state index contributed by atoms with van der Waals surface area (Å²) in [5.41, 5.74) is 5.37. The van der Waals surface area contributed by atoms with Gasteiger partial charge in [0.15, 0.2) is 0 Å². The third-order valence-electron chi connectivity index (χ3n) is 5.72. The number of hydrogen-bond donors (Lipinski definition) is 0. The topological polar surface area (TPSA) is 89.9 Å². The quantitative estimate of drug-likeness (QED) is 0.483. The van der Waals surface area contributed by atoms with E-state index in [9.17, 15) is 4.79 Å². The molecule has 1 saturated heterocycles. The molecule has 0 saturated carbocycles. The normalized spacial score (nSPS) is 16.0. The van der Waals surface area contributed by atoms with E-state index in [2.05, 4.69) is 26.5 Å². The van der Waals surface area contributed by atoms with Crippen LogP contribution in [0.2, 0.25) is 0 Å². The highest BCUT2D eigenvalue weighted by atomic mass is 16.4. The Hall–Kier alpha value is -3.81. The predicted octanol–water partition coefficient (Wildman–Crippen LogP) is 4.22. The highest BCUT2D eigenvalue weighted by molar-refractivity contribution is 5.98. The van der Waals surface area contributed by atoms with Gasteiger partial charge in [-0.3, -0.25) is 4.79 Å². The van der Waals surface area contributed by atoms with Gasteiger partial charge in [-0.05, 0) is 57.9 Å². The molecule has 0 bridgehead atoms. The Bertz CT molecular complexity index is 1260. The first kappa shape index (κ1) is 20.1. The van der Waals surface area contributed by atoms with Crippen LogP contribution in [0.25, 0.3) is 17.1 Å². The van der Waals surface area contributed by atoms with Gasteiger partial charge >= 0.3 is 0 Å². The van der Waals surface area contributed by atoms with Crippen molar-refractivity contribution in [3.63, 3.8) is 0 Å². The molecular formula is C24H24N6O2. The van der Waals surface area contributed by atoms with E-state index in [0.29, 0.717) is 29.6 Å². The second-order valence-electron chi connectivity index (χ2n) is 8.32. The highest BCUT2D eigenvalue weighted by Gasteiger charge is 2.35. The van der Waals surface area contributed by atoms with Crippen LogP contribution in [0, 0.1) is 20.8 Å². The minimum absolute atomic E-state index is 0.0883. The van der Waals surface area contributed by atoms with Crippen LogP contribution in [0.15, 0.2) is 53.2 Å². The lowest BCUT2D eigenvalue weighted by Gasteiger charge is -2.23. The number of benzene rings is 2.